The van der Waals surface area contributed by atoms with Crippen LogP contribution in [0.3, 0.4) is 0 Å². The first kappa shape index (κ1) is 13.3. The van der Waals surface area contributed by atoms with Crippen molar-refractivity contribution in [3.05, 3.63) is 21.3 Å². The van der Waals surface area contributed by atoms with Gasteiger partial charge in [0.1, 0.15) is 0 Å². The predicted molar refractivity (Wildman–Crippen MR) is 75.9 cm³/mol. The lowest BCUT2D eigenvalue weighted by atomic mass is 9.92. The Morgan fingerprint density at radius 2 is 2.41 bits per heavy atom. The second-order valence-electron chi connectivity index (χ2n) is 4.87. The lowest BCUT2D eigenvalue weighted by molar-refractivity contribution is 0.325. The summed E-state index contributed by atoms with van der Waals surface area (Å²) in [6, 6.07) is 4.08. The first-order valence-corrected chi connectivity index (χ1v) is 7.63. The number of thiophene rings is 1. The highest BCUT2D eigenvalue weighted by atomic mass is 35.5. The van der Waals surface area contributed by atoms with Gasteiger partial charge in [-0.3, -0.25) is 0 Å². The number of halogens is 1. The standard InChI is InChI=1S/C13H21ClN2S/c1-2-6-13(7-3-8-16-13)10-15-9-11-4-5-12(14)17-11/h4-5,15-16H,2-3,6-10H2,1H3. The van der Waals surface area contributed by atoms with E-state index >= 15 is 0 Å². The summed E-state index contributed by atoms with van der Waals surface area (Å²) >= 11 is 7.59. The van der Waals surface area contributed by atoms with Gasteiger partial charge in [0.05, 0.1) is 4.34 Å². The molecule has 1 unspecified atom stereocenters. The predicted octanol–water partition coefficient (Wildman–Crippen LogP) is 3.41. The average Bonchev–Trinajstić information content (AvgIpc) is 2.90. The largest absolute Gasteiger partial charge is 0.310 e. The van der Waals surface area contributed by atoms with Gasteiger partial charge in [0.2, 0.25) is 0 Å². The van der Waals surface area contributed by atoms with Crippen molar-refractivity contribution >= 4 is 22.9 Å². The van der Waals surface area contributed by atoms with E-state index in [2.05, 4.69) is 23.6 Å². The first-order chi connectivity index (χ1) is 8.24. The van der Waals surface area contributed by atoms with E-state index in [0.29, 0.717) is 5.54 Å². The van der Waals surface area contributed by atoms with E-state index in [1.807, 2.05) is 6.07 Å². The van der Waals surface area contributed by atoms with Gasteiger partial charge in [-0.25, -0.2) is 0 Å². The van der Waals surface area contributed by atoms with Crippen LogP contribution in [0.5, 0.6) is 0 Å². The maximum atomic E-state index is 5.92. The molecule has 1 aliphatic heterocycles. The Morgan fingerprint density at radius 3 is 3.00 bits per heavy atom. The average molecular weight is 273 g/mol. The molecule has 96 valence electrons. The van der Waals surface area contributed by atoms with Crippen molar-refractivity contribution < 1.29 is 0 Å². The molecule has 0 saturated carbocycles. The van der Waals surface area contributed by atoms with Crippen LogP contribution in [-0.4, -0.2) is 18.6 Å². The van der Waals surface area contributed by atoms with Gasteiger partial charge in [-0.05, 0) is 37.9 Å². The minimum Gasteiger partial charge on any atom is -0.310 e. The van der Waals surface area contributed by atoms with Crippen LogP contribution in [0, 0.1) is 0 Å². The summed E-state index contributed by atoms with van der Waals surface area (Å²) in [6.45, 7) is 5.44. The molecular formula is C13H21ClN2S. The Kier molecular flexibility index (Phi) is 4.86. The van der Waals surface area contributed by atoms with Crippen LogP contribution in [0.15, 0.2) is 12.1 Å². The van der Waals surface area contributed by atoms with Gasteiger partial charge in [0.15, 0.2) is 0 Å². The molecule has 1 aliphatic rings. The quantitative estimate of drug-likeness (QED) is 0.829. The molecular weight excluding hydrogens is 252 g/mol. The molecule has 2 rings (SSSR count). The molecule has 0 aromatic carbocycles. The number of nitrogens with one attached hydrogen (secondary N) is 2. The molecule has 0 spiro atoms. The van der Waals surface area contributed by atoms with Crippen LogP contribution in [0.1, 0.15) is 37.5 Å². The highest BCUT2D eigenvalue weighted by Crippen LogP contribution is 2.25. The van der Waals surface area contributed by atoms with Crippen molar-refractivity contribution in [2.75, 3.05) is 13.1 Å². The molecule has 1 saturated heterocycles. The third-order valence-electron chi connectivity index (χ3n) is 3.45. The molecule has 0 amide bonds. The Morgan fingerprint density at radius 1 is 1.53 bits per heavy atom. The first-order valence-electron chi connectivity index (χ1n) is 6.44. The van der Waals surface area contributed by atoms with Crippen molar-refractivity contribution in [1.82, 2.24) is 10.6 Å². The van der Waals surface area contributed by atoms with Gasteiger partial charge in [-0.1, -0.05) is 24.9 Å². The van der Waals surface area contributed by atoms with Gasteiger partial charge < -0.3 is 10.6 Å². The summed E-state index contributed by atoms with van der Waals surface area (Å²) in [5.74, 6) is 0. The van der Waals surface area contributed by atoms with E-state index in [-0.39, 0.29) is 0 Å². The van der Waals surface area contributed by atoms with Gasteiger partial charge in [-0.2, -0.15) is 0 Å². The van der Waals surface area contributed by atoms with Crippen molar-refractivity contribution in [3.63, 3.8) is 0 Å². The van der Waals surface area contributed by atoms with Crippen molar-refractivity contribution in [3.8, 4) is 0 Å². The van der Waals surface area contributed by atoms with E-state index < -0.39 is 0 Å². The monoisotopic (exact) mass is 272 g/mol. The fraction of sp³-hybridized carbons (Fsp3) is 0.692. The molecule has 1 fully saturated rings. The molecule has 0 aliphatic carbocycles. The van der Waals surface area contributed by atoms with Crippen LogP contribution in [-0.2, 0) is 6.54 Å². The van der Waals surface area contributed by atoms with Crippen LogP contribution < -0.4 is 10.6 Å². The zero-order valence-electron chi connectivity index (χ0n) is 10.4. The number of hydrogen-bond donors (Lipinski definition) is 2. The number of hydrogen-bond acceptors (Lipinski definition) is 3. The third-order valence-corrected chi connectivity index (χ3v) is 4.68. The SMILES string of the molecule is CCCC1(CNCc2ccc(Cl)s2)CCCN1. The maximum Gasteiger partial charge on any atom is 0.0931 e. The summed E-state index contributed by atoms with van der Waals surface area (Å²) in [5.41, 5.74) is 0.343. The van der Waals surface area contributed by atoms with E-state index in [4.69, 9.17) is 11.6 Å². The van der Waals surface area contributed by atoms with Gasteiger partial charge in [-0.15, -0.1) is 11.3 Å². The lowest BCUT2D eigenvalue weighted by Gasteiger charge is -2.29. The molecule has 2 N–H and O–H groups in total. The summed E-state index contributed by atoms with van der Waals surface area (Å²) in [7, 11) is 0. The van der Waals surface area contributed by atoms with Crippen LogP contribution in [0.4, 0.5) is 0 Å². The fourth-order valence-electron chi connectivity index (χ4n) is 2.67. The Balaban J connectivity index is 1.79. The summed E-state index contributed by atoms with van der Waals surface area (Å²) < 4.78 is 0.879. The second-order valence-corrected chi connectivity index (χ2v) is 6.67. The topological polar surface area (TPSA) is 24.1 Å². The fourth-order valence-corrected chi connectivity index (χ4v) is 3.73. The molecule has 1 aromatic heterocycles. The summed E-state index contributed by atoms with van der Waals surface area (Å²) in [4.78, 5) is 1.32. The summed E-state index contributed by atoms with van der Waals surface area (Å²) in [6.07, 6.45) is 5.14. The lowest BCUT2D eigenvalue weighted by Crippen LogP contribution is -2.48. The molecule has 17 heavy (non-hydrogen) atoms. The minimum atomic E-state index is 0.343. The zero-order valence-corrected chi connectivity index (χ0v) is 12.0. The maximum absolute atomic E-state index is 5.92. The van der Waals surface area contributed by atoms with E-state index in [1.54, 1.807) is 11.3 Å². The van der Waals surface area contributed by atoms with E-state index in [9.17, 15) is 0 Å². The highest BCUT2D eigenvalue weighted by molar-refractivity contribution is 7.16. The molecule has 0 radical (unpaired) electrons. The number of rotatable bonds is 6. The molecule has 4 heteroatoms. The third kappa shape index (κ3) is 3.68. The van der Waals surface area contributed by atoms with Crippen molar-refractivity contribution in [1.29, 1.82) is 0 Å². The van der Waals surface area contributed by atoms with E-state index in [0.717, 1.165) is 17.4 Å². The Hall–Kier alpha value is -0.0900. The molecule has 0 bridgehead atoms. The highest BCUT2D eigenvalue weighted by Gasteiger charge is 2.31. The molecule has 2 nitrogen and oxygen atoms in total. The Bertz CT molecular complexity index is 345. The van der Waals surface area contributed by atoms with Crippen LogP contribution >= 0.6 is 22.9 Å². The zero-order chi connectivity index (χ0) is 12.1. The summed E-state index contributed by atoms with van der Waals surface area (Å²) in [5, 5.41) is 7.25. The smallest absolute Gasteiger partial charge is 0.0931 e. The molecule has 1 atom stereocenters. The second kappa shape index (κ2) is 6.19. The van der Waals surface area contributed by atoms with Gasteiger partial charge >= 0.3 is 0 Å². The molecule has 2 heterocycles. The normalized spacial score (nSPS) is 24.4. The van der Waals surface area contributed by atoms with Gasteiger partial charge in [0.25, 0.3) is 0 Å². The van der Waals surface area contributed by atoms with Crippen molar-refractivity contribution in [2.24, 2.45) is 0 Å². The van der Waals surface area contributed by atoms with E-state index in [1.165, 1.54) is 37.1 Å². The van der Waals surface area contributed by atoms with Gasteiger partial charge in [0, 0.05) is 23.5 Å². The van der Waals surface area contributed by atoms with Crippen LogP contribution in [0.2, 0.25) is 4.34 Å². The Labute approximate surface area is 113 Å². The minimum absolute atomic E-state index is 0.343. The van der Waals surface area contributed by atoms with Crippen LogP contribution in [0.25, 0.3) is 0 Å². The molecule has 1 aromatic rings. The van der Waals surface area contributed by atoms with Crippen molar-refractivity contribution in [2.45, 2.75) is 44.7 Å².